The summed E-state index contributed by atoms with van der Waals surface area (Å²) in [6.07, 6.45) is 3.39. The number of nitrogens with one attached hydrogen (secondary N) is 1. The molecular formula is C15H10Cl2N4. The standard InChI is InChI=1S/C15H10Cl2N4/c16-11-3-5-12(6-4-11)19-14-8-13(17)20-15(21-14)10-2-1-7-18-9-10/h1-9H,(H,19,20,21). The lowest BCUT2D eigenvalue weighted by Gasteiger charge is -2.08. The fourth-order valence-corrected chi connectivity index (χ4v) is 2.10. The van der Waals surface area contributed by atoms with Gasteiger partial charge in [0.05, 0.1) is 0 Å². The predicted molar refractivity (Wildman–Crippen MR) is 85.0 cm³/mol. The molecule has 104 valence electrons. The van der Waals surface area contributed by atoms with E-state index < -0.39 is 0 Å². The van der Waals surface area contributed by atoms with Gasteiger partial charge in [-0.15, -0.1) is 0 Å². The summed E-state index contributed by atoms with van der Waals surface area (Å²) in [6, 6.07) is 12.7. The van der Waals surface area contributed by atoms with Crippen molar-refractivity contribution in [1.29, 1.82) is 0 Å². The van der Waals surface area contributed by atoms with Gasteiger partial charge in [-0.05, 0) is 36.4 Å². The topological polar surface area (TPSA) is 50.7 Å². The maximum atomic E-state index is 6.06. The minimum Gasteiger partial charge on any atom is -0.340 e. The van der Waals surface area contributed by atoms with Crippen molar-refractivity contribution in [3.63, 3.8) is 0 Å². The van der Waals surface area contributed by atoms with Crippen molar-refractivity contribution in [3.05, 3.63) is 65.0 Å². The number of rotatable bonds is 3. The first kappa shape index (κ1) is 13.8. The van der Waals surface area contributed by atoms with Crippen LogP contribution in [0.15, 0.2) is 54.9 Å². The van der Waals surface area contributed by atoms with E-state index >= 15 is 0 Å². The molecule has 0 saturated heterocycles. The highest BCUT2D eigenvalue weighted by molar-refractivity contribution is 6.30. The van der Waals surface area contributed by atoms with Crippen molar-refractivity contribution in [1.82, 2.24) is 15.0 Å². The third-order valence-corrected chi connectivity index (χ3v) is 3.18. The number of hydrogen-bond acceptors (Lipinski definition) is 4. The van der Waals surface area contributed by atoms with Crippen LogP contribution in [0.1, 0.15) is 0 Å². The molecular weight excluding hydrogens is 307 g/mol. The van der Waals surface area contributed by atoms with Gasteiger partial charge < -0.3 is 5.32 Å². The van der Waals surface area contributed by atoms with Gasteiger partial charge in [0.15, 0.2) is 5.82 Å². The minimum atomic E-state index is 0.361. The van der Waals surface area contributed by atoms with Crippen molar-refractivity contribution >= 4 is 34.7 Å². The molecule has 1 N–H and O–H groups in total. The zero-order valence-corrected chi connectivity index (χ0v) is 12.3. The molecule has 0 aliphatic heterocycles. The Kier molecular flexibility index (Phi) is 3.99. The molecule has 0 aliphatic rings. The second kappa shape index (κ2) is 6.08. The van der Waals surface area contributed by atoms with Crippen LogP contribution in [0, 0.1) is 0 Å². The average Bonchev–Trinajstić information content (AvgIpc) is 2.50. The van der Waals surface area contributed by atoms with Crippen LogP contribution in [-0.4, -0.2) is 15.0 Å². The van der Waals surface area contributed by atoms with Crippen LogP contribution in [0.2, 0.25) is 10.2 Å². The number of pyridine rings is 1. The zero-order chi connectivity index (χ0) is 14.7. The summed E-state index contributed by atoms with van der Waals surface area (Å²) >= 11 is 11.9. The molecule has 2 heterocycles. The number of halogens is 2. The normalized spacial score (nSPS) is 10.4. The number of benzene rings is 1. The Labute approximate surface area is 131 Å². The highest BCUT2D eigenvalue weighted by Gasteiger charge is 2.06. The summed E-state index contributed by atoms with van der Waals surface area (Å²) in [5.41, 5.74) is 1.67. The van der Waals surface area contributed by atoms with Gasteiger partial charge >= 0.3 is 0 Å². The van der Waals surface area contributed by atoms with Gasteiger partial charge in [0.2, 0.25) is 0 Å². The van der Waals surface area contributed by atoms with Crippen LogP contribution in [0.5, 0.6) is 0 Å². The second-order valence-electron chi connectivity index (χ2n) is 4.27. The third-order valence-electron chi connectivity index (χ3n) is 2.73. The molecule has 0 amide bonds. The molecule has 0 spiro atoms. The molecule has 6 heteroatoms. The van der Waals surface area contributed by atoms with E-state index in [9.17, 15) is 0 Å². The lowest BCUT2D eigenvalue weighted by Crippen LogP contribution is -1.97. The first-order chi connectivity index (χ1) is 10.2. The van der Waals surface area contributed by atoms with E-state index in [1.165, 1.54) is 0 Å². The smallest absolute Gasteiger partial charge is 0.164 e. The van der Waals surface area contributed by atoms with Gasteiger partial charge in [-0.3, -0.25) is 4.98 Å². The van der Waals surface area contributed by atoms with Gasteiger partial charge in [-0.1, -0.05) is 23.2 Å². The molecule has 0 unspecified atom stereocenters. The maximum Gasteiger partial charge on any atom is 0.164 e. The SMILES string of the molecule is Clc1ccc(Nc2cc(Cl)nc(-c3cccnc3)n2)cc1. The Bertz CT molecular complexity index is 745. The summed E-state index contributed by atoms with van der Waals surface area (Å²) in [7, 11) is 0. The summed E-state index contributed by atoms with van der Waals surface area (Å²) in [5.74, 6) is 1.13. The monoisotopic (exact) mass is 316 g/mol. The first-order valence-electron chi connectivity index (χ1n) is 6.18. The molecule has 2 aromatic heterocycles. The van der Waals surface area contributed by atoms with E-state index in [4.69, 9.17) is 23.2 Å². The van der Waals surface area contributed by atoms with E-state index in [1.807, 2.05) is 24.3 Å². The third kappa shape index (κ3) is 3.48. The summed E-state index contributed by atoms with van der Waals surface area (Å²) < 4.78 is 0. The Morgan fingerprint density at radius 3 is 2.48 bits per heavy atom. The molecule has 0 fully saturated rings. The average molecular weight is 317 g/mol. The Balaban J connectivity index is 1.93. The van der Waals surface area contributed by atoms with Crippen molar-refractivity contribution in [3.8, 4) is 11.4 Å². The lowest BCUT2D eigenvalue weighted by molar-refractivity contribution is 1.16. The Morgan fingerprint density at radius 2 is 1.76 bits per heavy atom. The van der Waals surface area contributed by atoms with Crippen LogP contribution in [0.4, 0.5) is 11.5 Å². The summed E-state index contributed by atoms with van der Waals surface area (Å²) in [4.78, 5) is 12.7. The highest BCUT2D eigenvalue weighted by Crippen LogP contribution is 2.23. The number of aromatic nitrogens is 3. The van der Waals surface area contributed by atoms with E-state index in [1.54, 1.807) is 30.6 Å². The fraction of sp³-hybridized carbons (Fsp3) is 0. The van der Waals surface area contributed by atoms with E-state index in [0.29, 0.717) is 21.8 Å². The molecule has 21 heavy (non-hydrogen) atoms. The summed E-state index contributed by atoms with van der Waals surface area (Å²) in [5, 5.41) is 4.21. The second-order valence-corrected chi connectivity index (χ2v) is 5.10. The number of hydrogen-bond donors (Lipinski definition) is 1. The van der Waals surface area contributed by atoms with E-state index in [0.717, 1.165) is 11.3 Å². The van der Waals surface area contributed by atoms with Gasteiger partial charge in [0.1, 0.15) is 11.0 Å². The lowest BCUT2D eigenvalue weighted by atomic mass is 10.2. The zero-order valence-electron chi connectivity index (χ0n) is 10.8. The van der Waals surface area contributed by atoms with Crippen molar-refractivity contribution in [2.24, 2.45) is 0 Å². The van der Waals surface area contributed by atoms with Gasteiger partial charge in [-0.2, -0.15) is 0 Å². The largest absolute Gasteiger partial charge is 0.340 e. The van der Waals surface area contributed by atoms with E-state index in [-0.39, 0.29) is 0 Å². The molecule has 0 atom stereocenters. The maximum absolute atomic E-state index is 6.06. The highest BCUT2D eigenvalue weighted by atomic mass is 35.5. The Hall–Kier alpha value is -2.17. The number of anilines is 2. The molecule has 3 aromatic rings. The van der Waals surface area contributed by atoms with Crippen LogP contribution < -0.4 is 5.32 Å². The van der Waals surface area contributed by atoms with Gasteiger partial charge in [-0.25, -0.2) is 9.97 Å². The molecule has 1 aromatic carbocycles. The molecule has 3 rings (SSSR count). The van der Waals surface area contributed by atoms with Crippen LogP contribution in [0.3, 0.4) is 0 Å². The fourth-order valence-electron chi connectivity index (χ4n) is 1.79. The van der Waals surface area contributed by atoms with Crippen molar-refractivity contribution in [2.45, 2.75) is 0 Å². The van der Waals surface area contributed by atoms with Gasteiger partial charge in [0.25, 0.3) is 0 Å². The molecule has 4 nitrogen and oxygen atoms in total. The molecule has 0 aliphatic carbocycles. The van der Waals surface area contributed by atoms with Crippen molar-refractivity contribution in [2.75, 3.05) is 5.32 Å². The minimum absolute atomic E-state index is 0.361. The molecule has 0 bridgehead atoms. The van der Waals surface area contributed by atoms with Crippen LogP contribution in [0.25, 0.3) is 11.4 Å². The Morgan fingerprint density at radius 1 is 0.952 bits per heavy atom. The van der Waals surface area contributed by atoms with E-state index in [2.05, 4.69) is 20.3 Å². The van der Waals surface area contributed by atoms with Crippen LogP contribution in [-0.2, 0) is 0 Å². The first-order valence-corrected chi connectivity index (χ1v) is 6.94. The summed E-state index contributed by atoms with van der Waals surface area (Å²) in [6.45, 7) is 0. The quantitative estimate of drug-likeness (QED) is 0.718. The van der Waals surface area contributed by atoms with Crippen LogP contribution >= 0.6 is 23.2 Å². The molecule has 0 saturated carbocycles. The van der Waals surface area contributed by atoms with Crippen molar-refractivity contribution < 1.29 is 0 Å². The predicted octanol–water partition coefficient (Wildman–Crippen LogP) is 4.59. The van der Waals surface area contributed by atoms with Gasteiger partial charge in [0, 0.05) is 34.7 Å². The molecule has 0 radical (unpaired) electrons. The number of nitrogens with zero attached hydrogens (tertiary/aromatic N) is 3.